The average Bonchev–Trinajstić information content (AvgIpc) is 2.70. The summed E-state index contributed by atoms with van der Waals surface area (Å²) in [4.78, 5) is 0. The molecule has 3 aromatic rings. The van der Waals surface area contributed by atoms with Crippen LogP contribution in [0.2, 0.25) is 0 Å². The summed E-state index contributed by atoms with van der Waals surface area (Å²) >= 11 is 0. The van der Waals surface area contributed by atoms with Crippen molar-refractivity contribution >= 4 is 6.21 Å². The van der Waals surface area contributed by atoms with Gasteiger partial charge in [-0.25, -0.2) is 4.58 Å². The van der Waals surface area contributed by atoms with Gasteiger partial charge in [-0.15, -0.1) is 0 Å². The summed E-state index contributed by atoms with van der Waals surface area (Å²) in [5.74, 6) is 0. The molecule has 1 aliphatic carbocycles. The summed E-state index contributed by atoms with van der Waals surface area (Å²) in [6, 6.07) is 31.4. The third-order valence-electron chi connectivity index (χ3n) is 5.90. The fourth-order valence-electron chi connectivity index (χ4n) is 4.76. The molecule has 0 spiro atoms. The topological polar surface area (TPSA) is 3.01 Å². The lowest BCUT2D eigenvalue weighted by molar-refractivity contribution is -0.594. The van der Waals surface area contributed by atoms with E-state index in [0.717, 1.165) is 6.54 Å². The largest absolute Gasteiger partial charge is 1.00 e. The van der Waals surface area contributed by atoms with Crippen LogP contribution in [0.1, 0.15) is 41.1 Å². The van der Waals surface area contributed by atoms with Gasteiger partial charge >= 0.3 is 0 Å². The Labute approximate surface area is 161 Å². The van der Waals surface area contributed by atoms with Gasteiger partial charge in [0.1, 0.15) is 0 Å². The Morgan fingerprint density at radius 1 is 0.808 bits per heavy atom. The Morgan fingerprint density at radius 2 is 1.46 bits per heavy atom. The Morgan fingerprint density at radius 3 is 2.23 bits per heavy atom. The molecule has 0 fully saturated rings. The van der Waals surface area contributed by atoms with Crippen molar-refractivity contribution in [1.82, 2.24) is 0 Å². The number of nitrogens with zero attached hydrogens (tertiary/aromatic N) is 1. The molecule has 0 aromatic heterocycles. The molecule has 2 unspecified atom stereocenters. The van der Waals surface area contributed by atoms with Crippen molar-refractivity contribution in [2.24, 2.45) is 0 Å². The highest BCUT2D eigenvalue weighted by molar-refractivity contribution is 5.79. The molecule has 3 aromatic carbocycles. The molecule has 0 radical (unpaired) electrons. The van der Waals surface area contributed by atoms with Crippen LogP contribution in [0.3, 0.4) is 0 Å². The lowest BCUT2D eigenvalue weighted by Crippen LogP contribution is -3.00. The molecule has 0 saturated heterocycles. The van der Waals surface area contributed by atoms with E-state index < -0.39 is 0 Å². The van der Waals surface area contributed by atoms with Crippen LogP contribution < -0.4 is 12.4 Å². The van der Waals surface area contributed by atoms with Gasteiger partial charge in [0.05, 0.1) is 5.41 Å². The molecular weight excluding hydrogens is 338 g/mol. The van der Waals surface area contributed by atoms with E-state index in [1.807, 2.05) is 0 Å². The van der Waals surface area contributed by atoms with Gasteiger partial charge in [0.25, 0.3) is 0 Å². The van der Waals surface area contributed by atoms with E-state index in [9.17, 15) is 0 Å². The summed E-state index contributed by atoms with van der Waals surface area (Å²) in [7, 11) is 0. The summed E-state index contributed by atoms with van der Waals surface area (Å²) in [5.41, 5.74) is 5.82. The maximum absolute atomic E-state index is 2.58. The molecule has 2 atom stereocenters. The second kappa shape index (κ2) is 6.74. The highest BCUT2D eigenvalue weighted by atomic mass is 35.5. The molecule has 26 heavy (non-hydrogen) atoms. The molecule has 0 amide bonds. The van der Waals surface area contributed by atoms with Crippen molar-refractivity contribution in [2.45, 2.75) is 30.8 Å². The molecule has 2 bridgehead atoms. The second-order valence-corrected chi connectivity index (χ2v) is 7.27. The van der Waals surface area contributed by atoms with E-state index in [1.165, 1.54) is 35.1 Å². The van der Waals surface area contributed by atoms with Gasteiger partial charge in [-0.2, -0.15) is 0 Å². The van der Waals surface area contributed by atoms with E-state index in [1.54, 1.807) is 0 Å². The zero-order valence-corrected chi connectivity index (χ0v) is 15.4. The number of rotatable bonds is 3. The number of hydrogen-bond acceptors (Lipinski definition) is 0. The maximum Gasteiger partial charge on any atom is 0.178 e. The van der Waals surface area contributed by atoms with E-state index in [4.69, 9.17) is 0 Å². The number of hydrogen-bond donors (Lipinski definition) is 0. The van der Waals surface area contributed by atoms with Gasteiger partial charge in [0.15, 0.2) is 18.8 Å². The van der Waals surface area contributed by atoms with Crippen LogP contribution in [-0.2, 0) is 12.0 Å². The van der Waals surface area contributed by atoms with Gasteiger partial charge < -0.3 is 12.4 Å². The number of halogens is 1. The van der Waals surface area contributed by atoms with Crippen LogP contribution in [0.15, 0.2) is 84.9 Å². The highest BCUT2D eigenvalue weighted by Gasteiger charge is 2.50. The maximum atomic E-state index is 2.58. The van der Waals surface area contributed by atoms with Crippen LogP contribution >= 0.6 is 0 Å². The van der Waals surface area contributed by atoms with E-state index >= 15 is 0 Å². The molecule has 2 heteroatoms. The summed E-state index contributed by atoms with van der Waals surface area (Å²) < 4.78 is 2.58. The van der Waals surface area contributed by atoms with E-state index in [0.29, 0.717) is 6.04 Å². The lowest BCUT2D eigenvalue weighted by atomic mass is 9.63. The molecule has 0 N–H and O–H groups in total. The smallest absolute Gasteiger partial charge is 0.178 e. The summed E-state index contributed by atoms with van der Waals surface area (Å²) in [6.07, 6.45) is 4.94. The zero-order valence-electron chi connectivity index (χ0n) is 14.7. The second-order valence-electron chi connectivity index (χ2n) is 7.27. The fraction of sp³-hybridized carbons (Fsp3) is 0.208. The van der Waals surface area contributed by atoms with E-state index in [2.05, 4.69) is 95.7 Å². The Balaban J connectivity index is 0.00000168. The van der Waals surface area contributed by atoms with Crippen molar-refractivity contribution in [3.05, 3.63) is 107 Å². The molecule has 130 valence electrons. The fourth-order valence-corrected chi connectivity index (χ4v) is 4.76. The van der Waals surface area contributed by atoms with Crippen LogP contribution in [0.5, 0.6) is 0 Å². The Kier molecular flexibility index (Phi) is 4.42. The van der Waals surface area contributed by atoms with Crippen LogP contribution in [0, 0.1) is 0 Å². The monoisotopic (exact) mass is 359 g/mol. The van der Waals surface area contributed by atoms with Gasteiger partial charge in [-0.1, -0.05) is 84.9 Å². The normalized spacial score (nSPS) is 22.9. The van der Waals surface area contributed by atoms with Gasteiger partial charge in [0.2, 0.25) is 0 Å². The SMILES string of the molecule is C1=[N+](Cc2ccccc2)C2CCC1(c1ccccc1)c1ccccc12.[Cl-]. The quantitative estimate of drug-likeness (QED) is 0.630. The minimum Gasteiger partial charge on any atom is -1.00 e. The predicted molar refractivity (Wildman–Crippen MR) is 102 cm³/mol. The molecule has 6 rings (SSSR count). The first kappa shape index (κ1) is 17.1. The minimum absolute atomic E-state index is 0. The van der Waals surface area contributed by atoms with Gasteiger partial charge in [-0.3, -0.25) is 0 Å². The standard InChI is InChI=1S/C24H22N.ClH/c1-3-9-19(10-4-1)17-25-18-24(20-11-5-2-6-12-20)16-15-23(25)21-13-7-8-14-22(21)24;/h1-14,18,23H,15-17H2;1H/q+1;/p-1. The molecule has 2 heterocycles. The third-order valence-corrected chi connectivity index (χ3v) is 5.90. The van der Waals surface area contributed by atoms with Crippen LogP contribution in [0.4, 0.5) is 0 Å². The van der Waals surface area contributed by atoms with Gasteiger partial charge in [0, 0.05) is 17.5 Å². The number of benzene rings is 3. The van der Waals surface area contributed by atoms with Crippen molar-refractivity contribution in [3.63, 3.8) is 0 Å². The molecule has 3 aliphatic rings. The van der Waals surface area contributed by atoms with Crippen LogP contribution in [-0.4, -0.2) is 10.8 Å². The minimum atomic E-state index is 0. The van der Waals surface area contributed by atoms with Gasteiger partial charge in [-0.05, 0) is 17.5 Å². The lowest BCUT2D eigenvalue weighted by Gasteiger charge is -2.42. The Hall–Kier alpha value is -2.38. The van der Waals surface area contributed by atoms with Crippen molar-refractivity contribution < 1.29 is 17.0 Å². The van der Waals surface area contributed by atoms with Crippen molar-refractivity contribution in [3.8, 4) is 0 Å². The molecule has 2 aliphatic heterocycles. The first-order valence-electron chi connectivity index (χ1n) is 9.17. The first-order chi connectivity index (χ1) is 12.4. The van der Waals surface area contributed by atoms with Crippen molar-refractivity contribution in [1.29, 1.82) is 0 Å². The predicted octanol–water partition coefficient (Wildman–Crippen LogP) is 2.11. The Bertz CT molecular complexity index is 933. The van der Waals surface area contributed by atoms with Crippen LogP contribution in [0.25, 0.3) is 0 Å². The number of fused-ring (bicyclic) bond motifs is 1. The zero-order chi connectivity index (χ0) is 16.7. The van der Waals surface area contributed by atoms with Crippen molar-refractivity contribution in [2.75, 3.05) is 0 Å². The summed E-state index contributed by atoms with van der Waals surface area (Å²) in [5, 5.41) is 0. The molecule has 1 nitrogen and oxygen atoms in total. The highest BCUT2D eigenvalue weighted by Crippen LogP contribution is 2.49. The molecular formula is C24H22ClN. The van der Waals surface area contributed by atoms with E-state index in [-0.39, 0.29) is 17.8 Å². The third kappa shape index (κ3) is 2.59. The average molecular weight is 360 g/mol. The summed E-state index contributed by atoms with van der Waals surface area (Å²) in [6.45, 7) is 0.981. The molecule has 0 saturated carbocycles. The first-order valence-corrected chi connectivity index (χ1v) is 9.17.